The molecule has 0 amide bonds. The summed E-state index contributed by atoms with van der Waals surface area (Å²) in [4.78, 5) is 10.8. The Morgan fingerprint density at radius 2 is 2.06 bits per heavy atom. The number of anilines is 1. The molecule has 0 aliphatic heterocycles. The number of rotatable bonds is 5. The van der Waals surface area contributed by atoms with Crippen LogP contribution in [-0.4, -0.2) is 30.0 Å². The summed E-state index contributed by atoms with van der Waals surface area (Å²) in [6.07, 6.45) is -3.89. The minimum atomic E-state index is -4.35. The molecule has 3 N–H and O–H groups in total. The van der Waals surface area contributed by atoms with Gasteiger partial charge < -0.3 is 15.6 Å². The molecule has 1 aromatic rings. The molecule has 1 rings (SSSR count). The second-order valence-corrected chi connectivity index (χ2v) is 3.41. The third-order valence-electron chi connectivity index (χ3n) is 1.97. The van der Waals surface area contributed by atoms with Crippen molar-refractivity contribution in [2.24, 2.45) is 0 Å². The van der Waals surface area contributed by atoms with Crippen LogP contribution in [-0.2, 0) is 0 Å². The van der Waals surface area contributed by atoms with E-state index in [0.29, 0.717) is 0 Å². The van der Waals surface area contributed by atoms with Gasteiger partial charge >= 0.3 is 18.3 Å². The van der Waals surface area contributed by atoms with Crippen LogP contribution in [0.25, 0.3) is 0 Å². The third-order valence-corrected chi connectivity index (χ3v) is 1.97. The maximum absolute atomic E-state index is 12.6. The molecule has 0 saturated carbocycles. The number of benzene rings is 1. The lowest BCUT2D eigenvalue weighted by Crippen LogP contribution is -2.34. The summed E-state index contributed by atoms with van der Waals surface area (Å²) >= 11 is 0. The number of carboxylic acids is 1. The van der Waals surface area contributed by atoms with Gasteiger partial charge in [0.2, 0.25) is 0 Å². The maximum Gasteiger partial charge on any atom is 0.340 e. The Bertz CT molecular complexity index is 451. The van der Waals surface area contributed by atoms with Gasteiger partial charge in [-0.05, 0) is 18.2 Å². The maximum atomic E-state index is 12.6. The van der Waals surface area contributed by atoms with E-state index in [2.05, 4.69) is 4.74 Å². The highest BCUT2D eigenvalue weighted by Gasteiger charge is 2.42. The quantitative estimate of drug-likeness (QED) is 0.634. The fraction of sp³-hybridized carbons (Fsp3) is 0.300. The Labute approximate surface area is 99.0 Å². The Morgan fingerprint density at radius 3 is 2.56 bits per heavy atom. The zero-order valence-corrected chi connectivity index (χ0v) is 8.87. The second kappa shape index (κ2) is 5.11. The van der Waals surface area contributed by atoms with Gasteiger partial charge in [0.25, 0.3) is 0 Å². The molecular weight excluding hydrogens is 258 g/mol. The van der Waals surface area contributed by atoms with Gasteiger partial charge in [-0.25, -0.2) is 13.6 Å². The summed E-state index contributed by atoms with van der Waals surface area (Å²) in [6.45, 7) is -1.62. The van der Waals surface area contributed by atoms with Gasteiger partial charge in [-0.2, -0.15) is 8.78 Å². The van der Waals surface area contributed by atoms with Gasteiger partial charge in [0.1, 0.15) is 11.3 Å². The normalized spacial score (nSPS) is 11.6. The molecule has 0 aliphatic rings. The van der Waals surface area contributed by atoms with Gasteiger partial charge in [-0.15, -0.1) is 0 Å². The Morgan fingerprint density at radius 1 is 1.44 bits per heavy atom. The minimum absolute atomic E-state index is 0.0837. The molecule has 0 heterocycles. The molecular formula is C10H9F4NO3. The van der Waals surface area contributed by atoms with Crippen LogP contribution in [0, 0.1) is 0 Å². The van der Waals surface area contributed by atoms with Gasteiger partial charge in [-0.1, -0.05) is 0 Å². The number of hydrogen-bond acceptors (Lipinski definition) is 3. The number of ether oxygens (including phenoxy) is 1. The summed E-state index contributed by atoms with van der Waals surface area (Å²) in [5.41, 5.74) is 4.92. The molecule has 0 spiro atoms. The lowest BCUT2D eigenvalue weighted by molar-refractivity contribution is -0.148. The molecule has 4 nitrogen and oxygen atoms in total. The van der Waals surface area contributed by atoms with Crippen molar-refractivity contribution in [1.82, 2.24) is 0 Å². The van der Waals surface area contributed by atoms with E-state index >= 15 is 0 Å². The van der Waals surface area contributed by atoms with Crippen LogP contribution in [0.1, 0.15) is 10.4 Å². The van der Waals surface area contributed by atoms with Gasteiger partial charge in [-0.3, -0.25) is 0 Å². The summed E-state index contributed by atoms with van der Waals surface area (Å²) in [6, 6.07) is 3.22. The molecule has 0 unspecified atom stereocenters. The van der Waals surface area contributed by atoms with E-state index in [4.69, 9.17) is 10.8 Å². The lowest BCUT2D eigenvalue weighted by atomic mass is 10.2. The van der Waals surface area contributed by atoms with Crippen molar-refractivity contribution in [3.8, 4) is 5.75 Å². The largest absolute Gasteiger partial charge is 0.486 e. The van der Waals surface area contributed by atoms with Crippen LogP contribution in [0.4, 0.5) is 23.2 Å². The van der Waals surface area contributed by atoms with E-state index in [1.807, 2.05) is 0 Å². The molecule has 0 aliphatic carbocycles. The van der Waals surface area contributed by atoms with Crippen molar-refractivity contribution >= 4 is 11.7 Å². The third kappa shape index (κ3) is 3.25. The van der Waals surface area contributed by atoms with Crippen molar-refractivity contribution in [2.75, 3.05) is 12.3 Å². The molecule has 18 heavy (non-hydrogen) atoms. The predicted molar refractivity (Wildman–Crippen MR) is 54.3 cm³/mol. The number of halogens is 4. The predicted octanol–water partition coefficient (Wildman–Crippen LogP) is 2.25. The summed E-state index contributed by atoms with van der Waals surface area (Å²) in [5, 5.41) is 8.76. The van der Waals surface area contributed by atoms with Crippen molar-refractivity contribution in [1.29, 1.82) is 0 Å². The van der Waals surface area contributed by atoms with Crippen molar-refractivity contribution in [2.45, 2.75) is 12.3 Å². The number of carboxylic acid groups (broad SMARTS) is 1. The molecule has 0 fully saturated rings. The van der Waals surface area contributed by atoms with Crippen LogP contribution >= 0.6 is 0 Å². The first-order valence-corrected chi connectivity index (χ1v) is 4.65. The fourth-order valence-electron chi connectivity index (χ4n) is 1.08. The van der Waals surface area contributed by atoms with E-state index < -0.39 is 36.2 Å². The number of alkyl halides is 4. The SMILES string of the molecule is Nc1ccc(OCC(F)(F)C(F)F)c(C(=O)O)c1. The highest BCUT2D eigenvalue weighted by Crippen LogP contribution is 2.27. The van der Waals surface area contributed by atoms with Crippen LogP contribution in [0.5, 0.6) is 5.75 Å². The van der Waals surface area contributed by atoms with Gasteiger partial charge in [0.05, 0.1) is 0 Å². The monoisotopic (exact) mass is 267 g/mol. The van der Waals surface area contributed by atoms with Crippen LogP contribution in [0.2, 0.25) is 0 Å². The Hall–Kier alpha value is -1.99. The number of nitrogen functional groups attached to an aromatic ring is 1. The Balaban J connectivity index is 2.89. The average Bonchev–Trinajstić information content (AvgIpc) is 2.27. The van der Waals surface area contributed by atoms with E-state index in [1.165, 1.54) is 6.07 Å². The number of hydrogen-bond donors (Lipinski definition) is 2. The standard InChI is InChI=1S/C10H9F4NO3/c11-9(12)10(13,14)4-18-7-2-1-5(15)3-6(7)8(16)17/h1-3,9H,4,15H2,(H,16,17). The minimum Gasteiger partial charge on any atom is -0.486 e. The lowest BCUT2D eigenvalue weighted by Gasteiger charge is -2.17. The average molecular weight is 267 g/mol. The summed E-state index contributed by atoms with van der Waals surface area (Å²) in [7, 11) is 0. The second-order valence-electron chi connectivity index (χ2n) is 3.41. The van der Waals surface area contributed by atoms with E-state index in [9.17, 15) is 22.4 Å². The highest BCUT2D eigenvalue weighted by atomic mass is 19.3. The van der Waals surface area contributed by atoms with E-state index in [1.54, 1.807) is 0 Å². The van der Waals surface area contributed by atoms with E-state index in [0.717, 1.165) is 12.1 Å². The molecule has 0 atom stereocenters. The molecule has 100 valence electrons. The van der Waals surface area contributed by atoms with Crippen molar-refractivity contribution in [3.05, 3.63) is 23.8 Å². The zero-order chi connectivity index (χ0) is 13.9. The number of carbonyl (C=O) groups is 1. The summed E-state index contributed by atoms with van der Waals surface area (Å²) in [5.74, 6) is -6.26. The first kappa shape index (κ1) is 14.1. The molecule has 8 heteroatoms. The summed E-state index contributed by atoms with van der Waals surface area (Å²) < 4.78 is 53.4. The first-order valence-electron chi connectivity index (χ1n) is 4.65. The molecule has 0 saturated heterocycles. The molecule has 0 bridgehead atoms. The zero-order valence-electron chi connectivity index (χ0n) is 8.87. The van der Waals surface area contributed by atoms with Crippen LogP contribution in [0.15, 0.2) is 18.2 Å². The molecule has 1 aromatic carbocycles. The van der Waals surface area contributed by atoms with Crippen molar-refractivity contribution < 1.29 is 32.2 Å². The first-order chi connectivity index (χ1) is 8.24. The molecule has 0 radical (unpaired) electrons. The molecule has 0 aromatic heterocycles. The van der Waals surface area contributed by atoms with Gasteiger partial charge in [0, 0.05) is 5.69 Å². The van der Waals surface area contributed by atoms with Crippen molar-refractivity contribution in [3.63, 3.8) is 0 Å². The van der Waals surface area contributed by atoms with E-state index in [-0.39, 0.29) is 5.69 Å². The number of aromatic carboxylic acids is 1. The van der Waals surface area contributed by atoms with Crippen LogP contribution in [0.3, 0.4) is 0 Å². The van der Waals surface area contributed by atoms with Crippen LogP contribution < -0.4 is 10.5 Å². The topological polar surface area (TPSA) is 72.5 Å². The highest BCUT2D eigenvalue weighted by molar-refractivity contribution is 5.92. The fourth-order valence-corrected chi connectivity index (χ4v) is 1.08. The number of nitrogens with two attached hydrogens (primary N) is 1. The smallest absolute Gasteiger partial charge is 0.340 e. The Kier molecular flexibility index (Phi) is 4.00. The van der Waals surface area contributed by atoms with Gasteiger partial charge in [0.15, 0.2) is 6.61 Å².